The van der Waals surface area contributed by atoms with E-state index in [9.17, 15) is 45.0 Å². The maximum Gasteiger partial charge on any atom is 2.00 e. The third-order valence-corrected chi connectivity index (χ3v) is 5.02. The molecule has 1 saturated heterocycles. The minimum Gasteiger partial charge on any atom is -0.549 e. The molecule has 13 nitrogen and oxygen atoms in total. The van der Waals surface area contributed by atoms with Gasteiger partial charge in [-0.3, -0.25) is 4.79 Å². The number of carbonyl (C=O) groups excluding carboxylic acids is 3. The van der Waals surface area contributed by atoms with Crippen LogP contribution in [0.5, 0.6) is 0 Å². The molecule has 0 aromatic heterocycles. The van der Waals surface area contributed by atoms with E-state index in [0.717, 1.165) is 12.8 Å². The van der Waals surface area contributed by atoms with Crippen LogP contribution in [0.3, 0.4) is 0 Å². The average molecular weight is 631 g/mol. The predicted molar refractivity (Wildman–Crippen MR) is 94.4 cm³/mol. The van der Waals surface area contributed by atoms with Crippen molar-refractivity contribution in [2.24, 2.45) is 17.4 Å². The SMILES string of the molecule is N[C@@H]1CCCC[C@H]1N.O=C([O-])C(CCNC(=O)[C@H]1OC(O)[C@H](O)[C@@H](O)[C@H]1O)C(=O)[O-].[Pt+2]. The van der Waals surface area contributed by atoms with E-state index in [2.05, 4.69) is 10.1 Å². The summed E-state index contributed by atoms with van der Waals surface area (Å²) < 4.78 is 4.62. The summed E-state index contributed by atoms with van der Waals surface area (Å²) in [4.78, 5) is 32.7. The largest absolute Gasteiger partial charge is 2.00 e. The van der Waals surface area contributed by atoms with Crippen LogP contribution in [0, 0.1) is 5.92 Å². The number of carboxylic acids is 2. The number of rotatable bonds is 6. The Kier molecular flexibility index (Phi) is 13.5. The molecule has 14 heteroatoms. The second-order valence-electron chi connectivity index (χ2n) is 7.30. The fourth-order valence-electron chi connectivity index (χ4n) is 3.04. The van der Waals surface area contributed by atoms with Gasteiger partial charge < -0.3 is 61.7 Å². The zero-order valence-corrected chi connectivity index (χ0v) is 18.8. The smallest absolute Gasteiger partial charge is 0.549 e. The number of nitrogens with two attached hydrogens (primary N) is 2. The molecule has 0 bridgehead atoms. The quantitative estimate of drug-likeness (QED) is 0.135. The molecule has 1 amide bonds. The van der Waals surface area contributed by atoms with Crippen molar-refractivity contribution in [3.8, 4) is 0 Å². The Morgan fingerprint density at radius 3 is 1.84 bits per heavy atom. The summed E-state index contributed by atoms with van der Waals surface area (Å²) in [5, 5.41) is 60.5. The van der Waals surface area contributed by atoms with E-state index < -0.39 is 67.4 Å². The molecular weight excluding hydrogens is 601 g/mol. The third kappa shape index (κ3) is 9.06. The van der Waals surface area contributed by atoms with Gasteiger partial charge in [-0.05, 0) is 19.3 Å². The molecule has 0 spiro atoms. The number of carboxylic acid groups (broad SMARTS) is 2. The Balaban J connectivity index is 0.000000838. The van der Waals surface area contributed by atoms with Crippen LogP contribution in [-0.4, -0.2) is 87.6 Å². The van der Waals surface area contributed by atoms with E-state index >= 15 is 0 Å². The maximum absolute atomic E-state index is 11.7. The number of aliphatic hydroxyl groups excluding tert-OH is 4. The van der Waals surface area contributed by atoms with Gasteiger partial charge in [-0.2, -0.15) is 0 Å². The Hall–Kier alpha value is -1.18. The van der Waals surface area contributed by atoms with Crippen molar-refractivity contribution in [3.05, 3.63) is 0 Å². The fourth-order valence-corrected chi connectivity index (χ4v) is 3.04. The van der Waals surface area contributed by atoms with Gasteiger partial charge in [0.2, 0.25) is 0 Å². The van der Waals surface area contributed by atoms with Gasteiger partial charge in [0.05, 0.1) is 11.9 Å². The van der Waals surface area contributed by atoms with E-state index in [-0.39, 0.29) is 33.1 Å². The van der Waals surface area contributed by atoms with Crippen LogP contribution in [0.15, 0.2) is 0 Å². The second-order valence-corrected chi connectivity index (χ2v) is 7.30. The Morgan fingerprint density at radius 1 is 0.935 bits per heavy atom. The number of hydrogen-bond donors (Lipinski definition) is 7. The number of nitrogens with one attached hydrogen (secondary N) is 1. The van der Waals surface area contributed by atoms with Gasteiger partial charge in [-0.15, -0.1) is 0 Å². The van der Waals surface area contributed by atoms with E-state index in [4.69, 9.17) is 11.5 Å². The summed E-state index contributed by atoms with van der Waals surface area (Å²) in [6.07, 6.45) is -4.85. The molecule has 9 N–H and O–H groups in total. The minimum absolute atomic E-state index is 0. The Labute approximate surface area is 193 Å². The van der Waals surface area contributed by atoms with Crippen LogP contribution >= 0.6 is 0 Å². The average Bonchev–Trinajstić information content (AvgIpc) is 2.68. The van der Waals surface area contributed by atoms with Crippen LogP contribution in [0.2, 0.25) is 0 Å². The summed E-state index contributed by atoms with van der Waals surface area (Å²) in [6.45, 7) is -0.424. The molecule has 1 unspecified atom stereocenters. The van der Waals surface area contributed by atoms with Gasteiger partial charge in [-0.1, -0.05) is 12.8 Å². The molecule has 0 radical (unpaired) electrons. The maximum atomic E-state index is 11.7. The van der Waals surface area contributed by atoms with Crippen molar-refractivity contribution in [1.82, 2.24) is 5.32 Å². The fraction of sp³-hybridized carbons (Fsp3) is 0.824. The first-order chi connectivity index (χ1) is 14.0. The first-order valence-electron chi connectivity index (χ1n) is 9.55. The molecule has 2 fully saturated rings. The molecule has 0 aromatic carbocycles. The monoisotopic (exact) mass is 630 g/mol. The first-order valence-corrected chi connectivity index (χ1v) is 9.55. The molecule has 1 heterocycles. The summed E-state index contributed by atoms with van der Waals surface area (Å²) in [5.41, 5.74) is 11.3. The van der Waals surface area contributed by atoms with Gasteiger partial charge in [0.25, 0.3) is 5.91 Å². The van der Waals surface area contributed by atoms with Crippen LogP contribution < -0.4 is 27.0 Å². The van der Waals surface area contributed by atoms with Gasteiger partial charge >= 0.3 is 21.1 Å². The van der Waals surface area contributed by atoms with Gasteiger partial charge in [-0.25, -0.2) is 0 Å². The van der Waals surface area contributed by atoms with Crippen molar-refractivity contribution in [2.75, 3.05) is 6.54 Å². The third-order valence-electron chi connectivity index (χ3n) is 5.02. The molecule has 31 heavy (non-hydrogen) atoms. The molecule has 2 aliphatic rings. The van der Waals surface area contributed by atoms with Crippen molar-refractivity contribution in [1.29, 1.82) is 0 Å². The zero-order valence-electron chi connectivity index (χ0n) is 16.6. The molecule has 1 saturated carbocycles. The van der Waals surface area contributed by atoms with Gasteiger partial charge in [0.1, 0.15) is 18.3 Å². The molecule has 2 rings (SSSR count). The zero-order chi connectivity index (χ0) is 23.0. The summed E-state index contributed by atoms with van der Waals surface area (Å²) in [5.74, 6) is -6.72. The normalized spacial score (nSPS) is 32.8. The standard InChI is InChI=1S/C11H17NO10.C6H14N2.Pt/c13-4-5(14)7(22-11(21)6(4)15)8(16)12-2-1-3(9(17)18)10(19)20;7-5-3-1-2-4-6(5)8;/h3-7,11,13-15,21H,1-2H2,(H,12,16)(H,17,18)(H,19,20);5-6H,1-4,7-8H2;/q;;+2/p-2/t4-,5+,6+,7-,11?;5-,6-;/m01./s1. The number of aliphatic carboxylic acids is 2. The van der Waals surface area contributed by atoms with E-state index in [0.29, 0.717) is 0 Å². The Morgan fingerprint density at radius 2 is 1.42 bits per heavy atom. The van der Waals surface area contributed by atoms with E-state index in [1.54, 1.807) is 0 Å². The molecule has 0 aromatic rings. The van der Waals surface area contributed by atoms with Crippen molar-refractivity contribution < 1.29 is 70.8 Å². The van der Waals surface area contributed by atoms with Crippen molar-refractivity contribution in [3.63, 3.8) is 0 Å². The summed E-state index contributed by atoms with van der Waals surface area (Å²) in [6, 6.07) is 0.562. The topological polar surface area (TPSA) is 252 Å². The van der Waals surface area contributed by atoms with Gasteiger partial charge in [0.15, 0.2) is 12.4 Å². The number of hydrogen-bond acceptors (Lipinski definition) is 12. The van der Waals surface area contributed by atoms with Gasteiger partial charge in [0, 0.05) is 24.5 Å². The number of aliphatic hydroxyl groups is 4. The molecular formula is C17H29N3O10Pt. The number of amides is 1. The molecule has 1 aliphatic heterocycles. The van der Waals surface area contributed by atoms with Crippen LogP contribution in [0.1, 0.15) is 32.1 Å². The van der Waals surface area contributed by atoms with E-state index in [1.807, 2.05) is 0 Å². The van der Waals surface area contributed by atoms with Crippen LogP contribution in [0.4, 0.5) is 0 Å². The summed E-state index contributed by atoms with van der Waals surface area (Å²) >= 11 is 0. The van der Waals surface area contributed by atoms with E-state index in [1.165, 1.54) is 12.8 Å². The van der Waals surface area contributed by atoms with Crippen LogP contribution in [-0.2, 0) is 40.2 Å². The first kappa shape index (κ1) is 29.8. The number of carbonyl (C=O) groups is 3. The molecule has 1 aliphatic carbocycles. The summed E-state index contributed by atoms with van der Waals surface area (Å²) in [7, 11) is 0. The molecule has 7 atom stereocenters. The number of ether oxygens (including phenoxy) is 1. The second kappa shape index (κ2) is 14.1. The van der Waals surface area contributed by atoms with Crippen molar-refractivity contribution in [2.45, 2.75) is 74.9 Å². The van der Waals surface area contributed by atoms with Crippen molar-refractivity contribution >= 4 is 17.8 Å². The Bertz CT molecular complexity index is 575. The minimum atomic E-state index is -1.93. The van der Waals surface area contributed by atoms with Crippen LogP contribution in [0.25, 0.3) is 0 Å². The molecule has 182 valence electrons. The predicted octanol–water partition coefficient (Wildman–Crippen LogP) is -6.38.